The Kier molecular flexibility index (Phi) is 4.19. The predicted octanol–water partition coefficient (Wildman–Crippen LogP) is 2.01. The molecule has 2 aromatic heterocycles. The van der Waals surface area contributed by atoms with Gasteiger partial charge in [0.15, 0.2) is 0 Å². The van der Waals surface area contributed by atoms with Crippen LogP contribution in [0.4, 0.5) is 0 Å². The van der Waals surface area contributed by atoms with E-state index in [2.05, 4.69) is 16.3 Å². The van der Waals surface area contributed by atoms with Crippen LogP contribution in [0.15, 0.2) is 58.7 Å². The minimum atomic E-state index is -0.342. The molecule has 0 aliphatic carbocycles. The fraction of sp³-hybridized carbons (Fsp3) is 0. The maximum absolute atomic E-state index is 12.9. The third-order valence-corrected chi connectivity index (χ3v) is 5.34. The number of hydrogen-bond donors (Lipinski definition) is 1. The summed E-state index contributed by atoms with van der Waals surface area (Å²) in [5.74, 6) is -0.232. The van der Waals surface area contributed by atoms with E-state index in [1.54, 1.807) is 36.4 Å². The number of ketones is 1. The molecule has 0 unspecified atom stereocenters. The zero-order valence-corrected chi connectivity index (χ0v) is 15.1. The Hall–Kier alpha value is -3.50. The fourth-order valence-corrected chi connectivity index (χ4v) is 3.96. The molecule has 128 valence electrons. The highest BCUT2D eigenvalue weighted by Gasteiger charge is 2.20. The molecule has 0 bridgehead atoms. The highest BCUT2D eigenvalue weighted by Crippen LogP contribution is 2.33. The fourth-order valence-electron chi connectivity index (χ4n) is 2.90. The molecule has 0 spiro atoms. The van der Waals surface area contributed by atoms with Gasteiger partial charge in [-0.3, -0.25) is 9.59 Å². The van der Waals surface area contributed by atoms with Crippen molar-refractivity contribution in [2.45, 2.75) is 0 Å². The molecule has 0 amide bonds. The zero-order valence-electron chi connectivity index (χ0n) is 14.3. The lowest BCUT2D eigenvalue weighted by Gasteiger charge is -2.03. The molecule has 5 nitrogen and oxygen atoms in total. The first-order valence-electron chi connectivity index (χ1n) is 8.20. The minimum Gasteiger partial charge on any atom is -0.287 e. The molecule has 7 heteroatoms. The summed E-state index contributed by atoms with van der Waals surface area (Å²) in [6, 6.07) is 16.3. The Labute approximate surface area is 159 Å². The van der Waals surface area contributed by atoms with Crippen molar-refractivity contribution in [3.8, 4) is 17.2 Å². The van der Waals surface area contributed by atoms with Crippen LogP contribution in [0.3, 0.4) is 0 Å². The van der Waals surface area contributed by atoms with Crippen LogP contribution in [0.25, 0.3) is 21.2 Å². The van der Waals surface area contributed by atoms with Gasteiger partial charge in [0.2, 0.25) is 5.78 Å². The van der Waals surface area contributed by atoms with Crippen LogP contribution >= 0.6 is 11.3 Å². The van der Waals surface area contributed by atoms with E-state index in [1.165, 1.54) is 11.3 Å². The quantitative estimate of drug-likeness (QED) is 0.442. The number of benzene rings is 2. The van der Waals surface area contributed by atoms with E-state index < -0.39 is 0 Å². The molecule has 0 fully saturated rings. The van der Waals surface area contributed by atoms with Crippen LogP contribution in [0.5, 0.6) is 0 Å². The first-order chi connectivity index (χ1) is 13.1. The lowest BCUT2D eigenvalue weighted by atomic mass is 9.94. The Bertz CT molecular complexity index is 1270. The summed E-state index contributed by atoms with van der Waals surface area (Å²) < 4.78 is 0.559. The summed E-state index contributed by atoms with van der Waals surface area (Å²) >= 11 is 1.32. The summed E-state index contributed by atoms with van der Waals surface area (Å²) in [4.78, 5) is 25.3. The number of aromatic amines is 1. The van der Waals surface area contributed by atoms with Crippen molar-refractivity contribution < 1.29 is 4.79 Å². The first kappa shape index (κ1) is 16.9. The summed E-state index contributed by atoms with van der Waals surface area (Å²) in [6.07, 6.45) is 0. The maximum atomic E-state index is 12.9. The van der Waals surface area contributed by atoms with Crippen LogP contribution < -0.4 is 11.0 Å². The van der Waals surface area contributed by atoms with Gasteiger partial charge in [-0.25, -0.2) is 5.10 Å². The van der Waals surface area contributed by atoms with Crippen LogP contribution in [-0.4, -0.2) is 23.8 Å². The Morgan fingerprint density at radius 1 is 1.11 bits per heavy atom. The average Bonchev–Trinajstić information content (AvgIpc) is 3.14. The van der Waals surface area contributed by atoms with Crippen LogP contribution in [0.2, 0.25) is 0 Å². The molecule has 0 aliphatic rings. The number of rotatable bonds is 3. The lowest BCUT2D eigenvalue weighted by Crippen LogP contribution is -2.14. The molecule has 2 heterocycles. The van der Waals surface area contributed by atoms with Gasteiger partial charge in [0.25, 0.3) is 5.56 Å². The molecule has 4 rings (SSSR count). The minimum absolute atomic E-state index is 0.232. The average molecular weight is 369 g/mol. The van der Waals surface area contributed by atoms with Crippen molar-refractivity contribution >= 4 is 40.5 Å². The van der Waals surface area contributed by atoms with E-state index >= 15 is 0 Å². The van der Waals surface area contributed by atoms with Crippen molar-refractivity contribution in [2.24, 2.45) is 0 Å². The second-order valence-electron chi connectivity index (χ2n) is 6.14. The number of aromatic nitrogens is 2. The van der Waals surface area contributed by atoms with Crippen molar-refractivity contribution in [1.29, 1.82) is 5.26 Å². The van der Waals surface area contributed by atoms with E-state index in [4.69, 9.17) is 5.26 Å². The van der Waals surface area contributed by atoms with Gasteiger partial charge in [0, 0.05) is 16.5 Å². The van der Waals surface area contributed by atoms with Crippen molar-refractivity contribution in [1.82, 2.24) is 10.2 Å². The molecule has 1 N–H and O–H groups in total. The first-order valence-corrected chi connectivity index (χ1v) is 9.08. The lowest BCUT2D eigenvalue weighted by molar-refractivity contribution is 0.103. The molecule has 0 aliphatic heterocycles. The molecule has 0 saturated heterocycles. The molecule has 27 heavy (non-hydrogen) atoms. The molecular formula is C20H12BN3O2S. The molecule has 0 saturated carbocycles. The second kappa shape index (κ2) is 6.67. The number of nitrogens with one attached hydrogen (secondary N) is 1. The van der Waals surface area contributed by atoms with Gasteiger partial charge in [-0.15, -0.1) is 11.3 Å². The number of thiophene rings is 1. The van der Waals surface area contributed by atoms with E-state index in [0.717, 1.165) is 16.6 Å². The third kappa shape index (κ3) is 2.96. The van der Waals surface area contributed by atoms with Crippen molar-refractivity contribution in [3.63, 3.8) is 0 Å². The maximum Gasteiger partial charge on any atom is 0.273 e. The van der Waals surface area contributed by atoms with Gasteiger partial charge < -0.3 is 0 Å². The normalized spacial score (nSPS) is 10.6. The monoisotopic (exact) mass is 369 g/mol. The number of carbonyl (C=O) groups excluding carboxylic acids is 1. The standard InChI is InChI=1S/C20H12BN3O2S/c21-14-7-5-13(6-8-14)18(25)17-19-16(20(26)24-23-17)15(10-27-19)12-3-1-11(9-22)2-4-12/h1-8,10H,21H2,(H,24,26). The van der Waals surface area contributed by atoms with Gasteiger partial charge in [-0.05, 0) is 17.7 Å². The number of H-pyrrole nitrogens is 1. The van der Waals surface area contributed by atoms with E-state index in [-0.39, 0.29) is 17.0 Å². The highest BCUT2D eigenvalue weighted by atomic mass is 32.1. The number of carbonyl (C=O) groups is 1. The van der Waals surface area contributed by atoms with E-state index in [0.29, 0.717) is 21.2 Å². The van der Waals surface area contributed by atoms with Gasteiger partial charge >= 0.3 is 0 Å². The van der Waals surface area contributed by atoms with Crippen LogP contribution in [-0.2, 0) is 0 Å². The van der Waals surface area contributed by atoms with Gasteiger partial charge in [0.1, 0.15) is 13.5 Å². The molecule has 4 aromatic rings. The summed E-state index contributed by atoms with van der Waals surface area (Å²) in [5, 5.41) is 17.7. The Balaban J connectivity index is 1.87. The van der Waals surface area contributed by atoms with Gasteiger partial charge in [-0.1, -0.05) is 41.9 Å². The van der Waals surface area contributed by atoms with Gasteiger partial charge in [-0.2, -0.15) is 10.4 Å². The largest absolute Gasteiger partial charge is 0.287 e. The van der Waals surface area contributed by atoms with Gasteiger partial charge in [0.05, 0.1) is 21.7 Å². The van der Waals surface area contributed by atoms with Crippen molar-refractivity contribution in [2.75, 3.05) is 0 Å². The van der Waals surface area contributed by atoms with Crippen LogP contribution in [0.1, 0.15) is 21.6 Å². The van der Waals surface area contributed by atoms with E-state index in [1.807, 2.05) is 25.4 Å². The summed E-state index contributed by atoms with van der Waals surface area (Å²) in [5.41, 5.74) is 3.56. The smallest absolute Gasteiger partial charge is 0.273 e. The third-order valence-electron chi connectivity index (χ3n) is 4.36. The number of nitrogens with zero attached hydrogens (tertiary/aromatic N) is 2. The van der Waals surface area contributed by atoms with Crippen molar-refractivity contribution in [3.05, 3.63) is 81.1 Å². The summed E-state index contributed by atoms with van der Waals surface area (Å²) in [7, 11) is 1.95. The SMILES string of the molecule is Bc1ccc(C(=O)c2n[nH]c(=O)c3c(-c4ccc(C#N)cc4)csc23)cc1. The van der Waals surface area contributed by atoms with Crippen LogP contribution in [0, 0.1) is 11.3 Å². The molecule has 2 aromatic carbocycles. The Morgan fingerprint density at radius 3 is 2.48 bits per heavy atom. The predicted molar refractivity (Wildman–Crippen MR) is 108 cm³/mol. The highest BCUT2D eigenvalue weighted by molar-refractivity contribution is 7.18. The molecule has 0 atom stereocenters. The molecular weight excluding hydrogens is 357 g/mol. The Morgan fingerprint density at radius 2 is 1.81 bits per heavy atom. The number of hydrogen-bond acceptors (Lipinski definition) is 5. The second-order valence-corrected chi connectivity index (χ2v) is 7.02. The number of nitriles is 1. The zero-order chi connectivity index (χ0) is 19.0. The summed E-state index contributed by atoms with van der Waals surface area (Å²) in [6.45, 7) is 0. The number of fused-ring (bicyclic) bond motifs is 1. The topological polar surface area (TPSA) is 86.6 Å². The van der Waals surface area contributed by atoms with E-state index in [9.17, 15) is 9.59 Å². The molecule has 0 radical (unpaired) electrons.